The molecule has 0 aliphatic carbocycles. The van der Waals surface area contributed by atoms with Gasteiger partial charge in [0, 0.05) is 11.4 Å². The number of pyridine rings is 1. The molecule has 26 heavy (non-hydrogen) atoms. The number of aromatic nitrogens is 1. The molecule has 2 heterocycles. The second-order valence-electron chi connectivity index (χ2n) is 6.30. The van der Waals surface area contributed by atoms with E-state index in [4.69, 9.17) is 0 Å². The Morgan fingerprint density at radius 1 is 1.08 bits per heavy atom. The maximum Gasteiger partial charge on any atom is 0.433 e. The van der Waals surface area contributed by atoms with Crippen LogP contribution in [0.5, 0.6) is 0 Å². The minimum atomic E-state index is -4.93. The maximum absolute atomic E-state index is 13.2. The summed E-state index contributed by atoms with van der Waals surface area (Å²) >= 11 is 0. The average molecular weight is 378 g/mol. The highest BCUT2D eigenvalue weighted by Gasteiger charge is 2.38. The van der Waals surface area contributed by atoms with Crippen LogP contribution in [-0.2, 0) is 12.4 Å². The van der Waals surface area contributed by atoms with Crippen molar-refractivity contribution in [2.24, 2.45) is 0 Å². The van der Waals surface area contributed by atoms with Gasteiger partial charge in [-0.15, -0.1) is 0 Å². The van der Waals surface area contributed by atoms with E-state index >= 15 is 0 Å². The number of benzene rings is 1. The molecule has 0 spiro atoms. The fraction of sp³-hybridized carbons (Fsp3) is 0.471. The van der Waals surface area contributed by atoms with Gasteiger partial charge in [0.25, 0.3) is 0 Å². The van der Waals surface area contributed by atoms with Crippen LogP contribution < -0.4 is 5.32 Å². The van der Waals surface area contributed by atoms with Crippen molar-refractivity contribution in [1.82, 2.24) is 10.3 Å². The maximum atomic E-state index is 13.2. The van der Waals surface area contributed by atoms with Crippen LogP contribution in [0.25, 0.3) is 10.9 Å². The van der Waals surface area contributed by atoms with Crippen LogP contribution in [0.2, 0.25) is 0 Å². The number of aliphatic hydroxyl groups is 1. The first kappa shape index (κ1) is 18.9. The summed E-state index contributed by atoms with van der Waals surface area (Å²) < 4.78 is 79.3. The molecule has 2 atom stereocenters. The molecular formula is C17H16F6N2O. The Bertz CT molecular complexity index is 796. The molecule has 142 valence electrons. The summed E-state index contributed by atoms with van der Waals surface area (Å²) in [4.78, 5) is 3.22. The number of piperidine rings is 1. The zero-order chi connectivity index (χ0) is 19.1. The Kier molecular flexibility index (Phi) is 4.87. The van der Waals surface area contributed by atoms with E-state index in [1.807, 2.05) is 0 Å². The van der Waals surface area contributed by atoms with E-state index < -0.39 is 41.3 Å². The molecule has 1 aliphatic heterocycles. The zero-order valence-electron chi connectivity index (χ0n) is 13.5. The average Bonchev–Trinajstić information content (AvgIpc) is 2.58. The fourth-order valence-corrected chi connectivity index (χ4v) is 3.26. The number of nitrogens with zero attached hydrogens (tertiary/aromatic N) is 1. The van der Waals surface area contributed by atoms with Gasteiger partial charge in [0.05, 0.1) is 17.2 Å². The van der Waals surface area contributed by atoms with Crippen molar-refractivity contribution < 1.29 is 31.4 Å². The van der Waals surface area contributed by atoms with Gasteiger partial charge in [-0.1, -0.05) is 18.6 Å². The number of alkyl halides is 6. The number of hydrogen-bond donors (Lipinski definition) is 2. The molecule has 1 fully saturated rings. The number of aliphatic hydroxyl groups excluding tert-OH is 1. The number of nitrogens with one attached hydrogen (secondary N) is 1. The Morgan fingerprint density at radius 2 is 1.81 bits per heavy atom. The van der Waals surface area contributed by atoms with Gasteiger partial charge >= 0.3 is 12.4 Å². The van der Waals surface area contributed by atoms with Crippen LogP contribution in [0.3, 0.4) is 0 Å². The van der Waals surface area contributed by atoms with Gasteiger partial charge in [-0.3, -0.25) is 0 Å². The van der Waals surface area contributed by atoms with Crippen molar-refractivity contribution >= 4 is 10.9 Å². The summed E-state index contributed by atoms with van der Waals surface area (Å²) in [5, 5.41) is 13.5. The van der Waals surface area contributed by atoms with Crippen molar-refractivity contribution in [1.29, 1.82) is 0 Å². The first-order chi connectivity index (χ1) is 12.1. The number of para-hydroxylation sites is 1. The molecule has 0 radical (unpaired) electrons. The SMILES string of the molecule is O[C@H](c1cc(C(F)(F)F)nc2c(C(F)(F)F)cccc12)C1CCCCN1. The van der Waals surface area contributed by atoms with Crippen LogP contribution in [0.15, 0.2) is 24.3 Å². The zero-order valence-corrected chi connectivity index (χ0v) is 13.5. The van der Waals surface area contributed by atoms with Gasteiger partial charge in [-0.2, -0.15) is 26.3 Å². The molecular weight excluding hydrogens is 362 g/mol. The normalized spacial score (nSPS) is 20.3. The van der Waals surface area contributed by atoms with Gasteiger partial charge in [0.15, 0.2) is 0 Å². The molecule has 3 nitrogen and oxygen atoms in total. The lowest BCUT2D eigenvalue weighted by atomic mass is 9.91. The second-order valence-corrected chi connectivity index (χ2v) is 6.30. The molecule has 2 aromatic rings. The van der Waals surface area contributed by atoms with Crippen LogP contribution >= 0.6 is 0 Å². The van der Waals surface area contributed by atoms with E-state index in [0.717, 1.165) is 18.9 Å². The molecule has 2 N–H and O–H groups in total. The van der Waals surface area contributed by atoms with Crippen LogP contribution in [0, 0.1) is 0 Å². The first-order valence-corrected chi connectivity index (χ1v) is 8.08. The highest BCUT2D eigenvalue weighted by Crippen LogP contribution is 2.39. The van der Waals surface area contributed by atoms with E-state index in [0.29, 0.717) is 25.1 Å². The van der Waals surface area contributed by atoms with Gasteiger partial charge in [0.2, 0.25) is 0 Å². The quantitative estimate of drug-likeness (QED) is 0.759. The lowest BCUT2D eigenvalue weighted by Crippen LogP contribution is -2.39. The van der Waals surface area contributed by atoms with Crippen molar-refractivity contribution in [2.45, 2.75) is 43.8 Å². The smallest absolute Gasteiger partial charge is 0.387 e. The standard InChI is InChI=1S/C17H16F6N2O/c18-16(19,20)11-5-3-4-9-10(15(26)12-6-1-2-7-24-12)8-13(17(21,22)23)25-14(9)11/h3-5,8,12,15,24,26H,1-2,6-7H2/t12?,15-/m1/s1. The van der Waals surface area contributed by atoms with Crippen molar-refractivity contribution in [3.63, 3.8) is 0 Å². The molecule has 0 bridgehead atoms. The van der Waals surface area contributed by atoms with Gasteiger partial charge in [0.1, 0.15) is 5.69 Å². The molecule has 9 heteroatoms. The molecule has 1 aliphatic rings. The third-order valence-electron chi connectivity index (χ3n) is 4.52. The predicted octanol–water partition coefficient (Wildman–Crippen LogP) is 4.45. The van der Waals surface area contributed by atoms with Crippen molar-refractivity contribution in [3.05, 3.63) is 41.1 Å². The third-order valence-corrected chi connectivity index (χ3v) is 4.52. The largest absolute Gasteiger partial charge is 0.433 e. The molecule has 3 rings (SSSR count). The number of fused-ring (bicyclic) bond motifs is 1. The summed E-state index contributed by atoms with van der Waals surface area (Å²) in [7, 11) is 0. The van der Waals surface area contributed by atoms with Gasteiger partial charge in [-0.05, 0) is 37.1 Å². The molecule has 1 unspecified atom stereocenters. The molecule has 1 saturated heterocycles. The molecule has 0 saturated carbocycles. The van der Waals surface area contributed by atoms with Crippen LogP contribution in [-0.4, -0.2) is 22.7 Å². The van der Waals surface area contributed by atoms with Crippen molar-refractivity contribution in [2.75, 3.05) is 6.54 Å². The van der Waals surface area contributed by atoms with E-state index in [1.165, 1.54) is 6.07 Å². The van der Waals surface area contributed by atoms with Crippen LogP contribution in [0.1, 0.15) is 42.2 Å². The van der Waals surface area contributed by atoms with E-state index in [1.54, 1.807) is 0 Å². The number of hydrogen-bond acceptors (Lipinski definition) is 3. The number of halogens is 6. The lowest BCUT2D eigenvalue weighted by molar-refractivity contribution is -0.142. The molecule has 1 aromatic carbocycles. The van der Waals surface area contributed by atoms with Gasteiger partial charge in [-0.25, -0.2) is 4.98 Å². The Balaban J connectivity index is 2.23. The minimum absolute atomic E-state index is 0.132. The molecule has 0 amide bonds. The Labute approximate surface area is 145 Å². The molecule has 1 aromatic heterocycles. The third kappa shape index (κ3) is 3.64. The van der Waals surface area contributed by atoms with Crippen molar-refractivity contribution in [3.8, 4) is 0 Å². The Morgan fingerprint density at radius 3 is 2.38 bits per heavy atom. The summed E-state index contributed by atoms with van der Waals surface area (Å²) in [5.74, 6) is 0. The monoisotopic (exact) mass is 378 g/mol. The minimum Gasteiger partial charge on any atom is -0.387 e. The second kappa shape index (κ2) is 6.70. The first-order valence-electron chi connectivity index (χ1n) is 8.08. The van der Waals surface area contributed by atoms with Crippen LogP contribution in [0.4, 0.5) is 26.3 Å². The fourth-order valence-electron chi connectivity index (χ4n) is 3.26. The summed E-state index contributed by atoms with van der Waals surface area (Å²) in [6.07, 6.45) is -9.00. The van der Waals surface area contributed by atoms with E-state index in [-0.39, 0.29) is 10.9 Å². The number of rotatable bonds is 2. The summed E-state index contributed by atoms with van der Waals surface area (Å²) in [6.45, 7) is 0.588. The Hall–Kier alpha value is -1.87. The van der Waals surface area contributed by atoms with E-state index in [2.05, 4.69) is 10.3 Å². The van der Waals surface area contributed by atoms with Gasteiger partial charge < -0.3 is 10.4 Å². The lowest BCUT2D eigenvalue weighted by Gasteiger charge is -2.29. The summed E-state index contributed by atoms with van der Waals surface area (Å²) in [6, 6.07) is 3.16. The highest BCUT2D eigenvalue weighted by atomic mass is 19.4. The highest BCUT2D eigenvalue weighted by molar-refractivity contribution is 5.86. The predicted molar refractivity (Wildman–Crippen MR) is 82.3 cm³/mol. The topological polar surface area (TPSA) is 45.2 Å². The van der Waals surface area contributed by atoms with E-state index in [9.17, 15) is 31.4 Å². The summed E-state index contributed by atoms with van der Waals surface area (Å²) in [5.41, 5.74) is -3.72.